The first-order valence-corrected chi connectivity index (χ1v) is 12.8. The van der Waals surface area contributed by atoms with Crippen LogP contribution in [0.4, 0.5) is 5.69 Å². The molecule has 0 fully saturated rings. The Morgan fingerprint density at radius 3 is 2.25 bits per heavy atom. The molecule has 0 aliphatic carbocycles. The lowest BCUT2D eigenvalue weighted by Crippen LogP contribution is -2.54. The predicted octanol–water partition coefficient (Wildman–Crippen LogP) is 4.75. The quantitative estimate of drug-likeness (QED) is 0.605. The van der Waals surface area contributed by atoms with Crippen molar-refractivity contribution in [1.82, 2.24) is 4.31 Å². The van der Waals surface area contributed by atoms with Crippen molar-refractivity contribution in [2.24, 2.45) is 5.16 Å². The molecule has 4 rings (SSSR count). The summed E-state index contributed by atoms with van der Waals surface area (Å²) in [5.74, 6) is 0. The van der Waals surface area contributed by atoms with Gasteiger partial charge >= 0.3 is 0 Å². The van der Waals surface area contributed by atoms with Crippen molar-refractivity contribution in [3.8, 4) is 0 Å². The molecule has 2 aliphatic heterocycles. The first-order chi connectivity index (χ1) is 15.2. The van der Waals surface area contributed by atoms with Gasteiger partial charge in [-0.3, -0.25) is 0 Å². The third kappa shape index (κ3) is 3.33. The summed E-state index contributed by atoms with van der Waals surface area (Å²) in [4.78, 5) is 8.67. The molecule has 0 aromatic heterocycles. The van der Waals surface area contributed by atoms with Gasteiger partial charge in [-0.1, -0.05) is 49.3 Å². The first-order valence-electron chi connectivity index (χ1n) is 11.4. The predicted molar refractivity (Wildman–Crippen MR) is 129 cm³/mol. The average molecular weight is 456 g/mol. The number of sulfonamides is 1. The van der Waals surface area contributed by atoms with Crippen LogP contribution in [0.3, 0.4) is 0 Å². The van der Waals surface area contributed by atoms with Crippen LogP contribution in [0.25, 0.3) is 0 Å². The first kappa shape index (κ1) is 22.8. The summed E-state index contributed by atoms with van der Waals surface area (Å²) in [5, 5.41) is 4.47. The minimum absolute atomic E-state index is 0.256. The number of benzene rings is 2. The van der Waals surface area contributed by atoms with E-state index < -0.39 is 15.7 Å². The molecule has 2 heterocycles. The molecule has 2 aromatic rings. The van der Waals surface area contributed by atoms with E-state index in [-0.39, 0.29) is 5.41 Å². The lowest BCUT2D eigenvalue weighted by Gasteiger charge is -2.40. The molecule has 0 radical (unpaired) electrons. The van der Waals surface area contributed by atoms with Gasteiger partial charge in [0, 0.05) is 25.8 Å². The summed E-state index contributed by atoms with van der Waals surface area (Å²) in [6, 6.07) is 15.4. The molecule has 0 saturated carbocycles. The topological polar surface area (TPSA) is 62.2 Å². The monoisotopic (exact) mass is 455 g/mol. The van der Waals surface area contributed by atoms with Crippen molar-refractivity contribution < 1.29 is 13.3 Å². The number of likely N-dealkylation sites (N-methyl/N-ethyl adjacent to an activating group) is 1. The van der Waals surface area contributed by atoms with E-state index in [1.54, 1.807) is 16.4 Å². The molecule has 0 saturated heterocycles. The highest BCUT2D eigenvalue weighted by molar-refractivity contribution is 7.89. The highest BCUT2D eigenvalue weighted by Crippen LogP contribution is 2.55. The van der Waals surface area contributed by atoms with Crippen LogP contribution >= 0.6 is 0 Å². The number of anilines is 1. The SMILES string of the molecule is CCCN(CCC)S(=O)(=O)c1ccc(C2=NO[C@@]3(C2)N(C)c2ccccc2C3(C)C)cc1. The largest absolute Gasteiger partial charge is 0.366 e. The molecule has 0 amide bonds. The average Bonchev–Trinajstić information content (AvgIpc) is 3.31. The van der Waals surface area contributed by atoms with Crippen molar-refractivity contribution in [1.29, 1.82) is 0 Å². The van der Waals surface area contributed by atoms with Gasteiger partial charge in [-0.05, 0) is 56.0 Å². The fraction of sp³-hybridized carbons (Fsp3) is 0.480. The summed E-state index contributed by atoms with van der Waals surface area (Å²) < 4.78 is 27.7. The lowest BCUT2D eigenvalue weighted by atomic mass is 9.75. The Kier molecular flexibility index (Phi) is 5.84. The standard InChI is InChI=1S/C25H33N3O3S/c1-6-16-28(17-7-2)32(29,30)20-14-12-19(13-15-20)22-18-25(31-26-22)24(3,4)21-10-8-9-11-23(21)27(25)5/h8-15H,6-7,16-18H2,1-5H3/t25-/m1/s1. The normalized spacial score (nSPS) is 21.7. The van der Waals surface area contributed by atoms with Gasteiger partial charge in [-0.25, -0.2) is 8.42 Å². The fourth-order valence-corrected chi connectivity index (χ4v) is 6.65. The Hall–Kier alpha value is -2.38. The van der Waals surface area contributed by atoms with Gasteiger partial charge in [0.1, 0.15) is 0 Å². The molecule has 7 heteroatoms. The van der Waals surface area contributed by atoms with Crippen LogP contribution in [0.2, 0.25) is 0 Å². The second-order valence-corrected chi connectivity index (χ2v) is 11.2. The van der Waals surface area contributed by atoms with Gasteiger partial charge in [0.2, 0.25) is 15.7 Å². The number of para-hydroxylation sites is 1. The van der Waals surface area contributed by atoms with E-state index in [0.29, 0.717) is 24.4 Å². The van der Waals surface area contributed by atoms with Gasteiger partial charge in [0.05, 0.1) is 22.4 Å². The maximum Gasteiger partial charge on any atom is 0.243 e. The van der Waals surface area contributed by atoms with E-state index >= 15 is 0 Å². The number of hydrogen-bond acceptors (Lipinski definition) is 5. The molecule has 0 N–H and O–H groups in total. The van der Waals surface area contributed by atoms with E-state index in [0.717, 1.165) is 29.8 Å². The molecule has 2 aliphatic rings. The summed E-state index contributed by atoms with van der Waals surface area (Å²) in [5.41, 5.74) is 3.26. The van der Waals surface area contributed by atoms with E-state index in [4.69, 9.17) is 4.84 Å². The van der Waals surface area contributed by atoms with E-state index in [2.05, 4.69) is 49.1 Å². The summed E-state index contributed by atoms with van der Waals surface area (Å²) in [6.07, 6.45) is 2.20. The van der Waals surface area contributed by atoms with Gasteiger partial charge in [0.25, 0.3) is 0 Å². The number of oxime groups is 1. The van der Waals surface area contributed by atoms with Gasteiger partial charge in [0.15, 0.2) is 0 Å². The van der Waals surface area contributed by atoms with Crippen LogP contribution in [0.1, 0.15) is 58.1 Å². The summed E-state index contributed by atoms with van der Waals surface area (Å²) in [7, 11) is -1.44. The lowest BCUT2D eigenvalue weighted by molar-refractivity contribution is -0.0591. The maximum absolute atomic E-state index is 13.1. The minimum Gasteiger partial charge on any atom is -0.366 e. The van der Waals surface area contributed by atoms with Gasteiger partial charge in [-0.15, -0.1) is 0 Å². The van der Waals surface area contributed by atoms with Crippen molar-refractivity contribution in [3.05, 3.63) is 59.7 Å². The molecule has 1 spiro atoms. The second-order valence-electron chi connectivity index (χ2n) is 9.22. The van der Waals surface area contributed by atoms with E-state index in [1.807, 2.05) is 32.0 Å². The Balaban J connectivity index is 1.59. The van der Waals surface area contributed by atoms with Crippen LogP contribution in [0.5, 0.6) is 0 Å². The van der Waals surface area contributed by atoms with Crippen molar-refractivity contribution in [3.63, 3.8) is 0 Å². The fourth-order valence-electron chi connectivity index (χ4n) is 5.03. The van der Waals surface area contributed by atoms with Crippen LogP contribution in [0.15, 0.2) is 58.6 Å². The Morgan fingerprint density at radius 1 is 1.03 bits per heavy atom. The number of hydrogen-bond donors (Lipinski definition) is 0. The molecular weight excluding hydrogens is 422 g/mol. The third-order valence-electron chi connectivity index (χ3n) is 6.94. The molecular formula is C25H33N3O3S. The van der Waals surface area contributed by atoms with E-state index in [1.165, 1.54) is 5.56 Å². The number of fused-ring (bicyclic) bond motifs is 1. The maximum atomic E-state index is 13.1. The molecule has 172 valence electrons. The minimum atomic E-state index is -3.50. The highest BCUT2D eigenvalue weighted by Gasteiger charge is 2.61. The molecule has 0 unspecified atom stereocenters. The zero-order valence-electron chi connectivity index (χ0n) is 19.6. The van der Waals surface area contributed by atoms with Gasteiger partial charge in [-0.2, -0.15) is 4.31 Å². The number of nitrogens with zero attached hydrogens (tertiary/aromatic N) is 3. The smallest absolute Gasteiger partial charge is 0.243 e. The molecule has 0 bridgehead atoms. The van der Waals surface area contributed by atoms with Crippen LogP contribution < -0.4 is 4.90 Å². The van der Waals surface area contributed by atoms with E-state index in [9.17, 15) is 8.42 Å². The second kappa shape index (κ2) is 8.19. The zero-order valence-corrected chi connectivity index (χ0v) is 20.4. The third-order valence-corrected chi connectivity index (χ3v) is 8.86. The molecule has 1 atom stereocenters. The summed E-state index contributed by atoms with van der Waals surface area (Å²) in [6.45, 7) is 9.44. The van der Waals surface area contributed by atoms with Crippen LogP contribution in [-0.2, 0) is 20.3 Å². The Labute approximate surface area is 191 Å². The van der Waals surface area contributed by atoms with Gasteiger partial charge < -0.3 is 9.74 Å². The molecule has 32 heavy (non-hydrogen) atoms. The molecule has 2 aromatic carbocycles. The van der Waals surface area contributed by atoms with Crippen LogP contribution in [0, 0.1) is 0 Å². The Morgan fingerprint density at radius 2 is 1.66 bits per heavy atom. The highest BCUT2D eigenvalue weighted by atomic mass is 32.2. The zero-order chi connectivity index (χ0) is 23.1. The van der Waals surface area contributed by atoms with Crippen LogP contribution in [-0.4, -0.2) is 44.3 Å². The van der Waals surface area contributed by atoms with Crippen molar-refractivity contribution >= 4 is 21.4 Å². The molecule has 6 nitrogen and oxygen atoms in total. The van der Waals surface area contributed by atoms with Crippen molar-refractivity contribution in [2.75, 3.05) is 25.0 Å². The Bertz CT molecular complexity index is 1120. The van der Waals surface area contributed by atoms with Crippen molar-refractivity contribution in [2.45, 2.75) is 63.0 Å². The number of rotatable bonds is 7. The summed E-state index contributed by atoms with van der Waals surface area (Å²) >= 11 is 0.